The van der Waals surface area contributed by atoms with Crippen LogP contribution in [-0.2, 0) is 13.1 Å². The van der Waals surface area contributed by atoms with E-state index in [1.165, 1.54) is 18.2 Å². The summed E-state index contributed by atoms with van der Waals surface area (Å²) in [6.45, 7) is 2.07. The number of aromatic nitrogens is 1. The number of methoxy groups -OCH3 is 2. The third kappa shape index (κ3) is 5.63. The molecule has 43 heavy (non-hydrogen) atoms. The molecule has 0 aliphatic carbocycles. The van der Waals surface area contributed by atoms with E-state index in [4.69, 9.17) is 9.47 Å². The number of hydrogen-bond acceptors (Lipinski definition) is 7. The first-order valence-corrected chi connectivity index (χ1v) is 14.1. The Hall–Kier alpha value is -4.54. The summed E-state index contributed by atoms with van der Waals surface area (Å²) < 4.78 is 40.6. The number of fused-ring (bicyclic) bond motifs is 1. The lowest BCUT2D eigenvalue weighted by atomic mass is 10.0. The number of pyridine rings is 1. The second kappa shape index (κ2) is 12.0. The molecule has 2 aliphatic rings. The fraction of sp³-hybridized carbons (Fsp3) is 0.273. The summed E-state index contributed by atoms with van der Waals surface area (Å²) in [5, 5.41) is 14.8. The zero-order chi connectivity index (χ0) is 30.1. The Balaban J connectivity index is 1.34. The van der Waals surface area contributed by atoms with Crippen molar-refractivity contribution in [3.8, 4) is 22.8 Å². The van der Waals surface area contributed by atoms with E-state index in [0.717, 1.165) is 31.5 Å². The number of carbonyl (C=O) groups is 1. The maximum absolute atomic E-state index is 14.9. The number of halogens is 2. The van der Waals surface area contributed by atoms with Crippen molar-refractivity contribution in [2.75, 3.05) is 32.6 Å². The van der Waals surface area contributed by atoms with Gasteiger partial charge in [-0.05, 0) is 61.4 Å². The van der Waals surface area contributed by atoms with Crippen LogP contribution in [0.3, 0.4) is 0 Å². The molecule has 1 fully saturated rings. The van der Waals surface area contributed by atoms with Gasteiger partial charge in [-0.15, -0.1) is 0 Å². The van der Waals surface area contributed by atoms with Crippen LogP contribution in [0.2, 0.25) is 0 Å². The topological polar surface area (TPSA) is 87.2 Å². The van der Waals surface area contributed by atoms with Gasteiger partial charge >= 0.3 is 0 Å². The molecule has 1 unspecified atom stereocenters. The fourth-order valence-electron chi connectivity index (χ4n) is 5.75. The Kier molecular flexibility index (Phi) is 7.96. The summed E-state index contributed by atoms with van der Waals surface area (Å²) in [6, 6.07) is 17.7. The molecular weight excluding hydrogens is 554 g/mol. The standard InChI is InChI=1S/C33H32F2N4O4/c1-42-23-13-10-21(29(16-23)43-2)18-39-19-28-31(33(39)41)27(17-26(37-28)30-24(34)6-5-7-25(30)35)36-22-11-8-20(9-12-22)32(40)38-14-3-4-15-38/h5-13,16-17,33,41H,3-4,14-15,18-19H2,1-2H3,(H,36,37). The molecule has 0 radical (unpaired) electrons. The third-order valence-corrected chi connectivity index (χ3v) is 7.99. The highest BCUT2D eigenvalue weighted by molar-refractivity contribution is 5.94. The van der Waals surface area contributed by atoms with E-state index in [2.05, 4.69) is 10.3 Å². The average Bonchev–Trinajstić information content (AvgIpc) is 3.66. The first-order valence-electron chi connectivity index (χ1n) is 14.1. The predicted molar refractivity (Wildman–Crippen MR) is 158 cm³/mol. The van der Waals surface area contributed by atoms with Crippen LogP contribution in [0.25, 0.3) is 11.3 Å². The Morgan fingerprint density at radius 2 is 1.72 bits per heavy atom. The molecular formula is C33H32F2N4O4. The number of hydrogen-bond donors (Lipinski definition) is 2. The largest absolute Gasteiger partial charge is 0.497 e. The van der Waals surface area contributed by atoms with Gasteiger partial charge in [-0.3, -0.25) is 14.7 Å². The van der Waals surface area contributed by atoms with Crippen LogP contribution >= 0.6 is 0 Å². The van der Waals surface area contributed by atoms with E-state index >= 15 is 0 Å². The summed E-state index contributed by atoms with van der Waals surface area (Å²) >= 11 is 0. The zero-order valence-corrected chi connectivity index (χ0v) is 23.9. The van der Waals surface area contributed by atoms with Gasteiger partial charge in [-0.1, -0.05) is 12.1 Å². The third-order valence-electron chi connectivity index (χ3n) is 7.99. The number of ether oxygens (including phenoxy) is 2. The van der Waals surface area contributed by atoms with Crippen molar-refractivity contribution in [3.05, 3.63) is 101 Å². The Morgan fingerprint density at radius 3 is 2.40 bits per heavy atom. The van der Waals surface area contributed by atoms with E-state index in [1.807, 2.05) is 17.0 Å². The number of amides is 1. The number of aliphatic hydroxyl groups is 1. The fourth-order valence-corrected chi connectivity index (χ4v) is 5.75. The second-order valence-corrected chi connectivity index (χ2v) is 10.7. The molecule has 1 saturated heterocycles. The minimum atomic E-state index is -1.06. The van der Waals surface area contributed by atoms with Crippen molar-refractivity contribution >= 4 is 17.3 Å². The van der Waals surface area contributed by atoms with Crippen LogP contribution in [0, 0.1) is 11.6 Å². The first kappa shape index (κ1) is 28.6. The van der Waals surface area contributed by atoms with Crippen LogP contribution in [0.1, 0.15) is 46.2 Å². The van der Waals surface area contributed by atoms with Crippen LogP contribution < -0.4 is 14.8 Å². The van der Waals surface area contributed by atoms with Gasteiger partial charge in [-0.2, -0.15) is 0 Å². The number of aliphatic hydroxyl groups excluding tert-OH is 1. The molecule has 222 valence electrons. The van der Waals surface area contributed by atoms with E-state index in [0.29, 0.717) is 46.2 Å². The molecule has 6 rings (SSSR count). The number of benzene rings is 3. The minimum absolute atomic E-state index is 0.00816. The maximum atomic E-state index is 14.9. The van der Waals surface area contributed by atoms with Gasteiger partial charge in [0.2, 0.25) is 0 Å². The maximum Gasteiger partial charge on any atom is 0.253 e. The number of nitrogens with one attached hydrogen (secondary N) is 1. The van der Waals surface area contributed by atoms with Crippen molar-refractivity contribution in [2.45, 2.75) is 32.2 Å². The van der Waals surface area contributed by atoms with Gasteiger partial charge in [0.1, 0.15) is 29.4 Å². The summed E-state index contributed by atoms with van der Waals surface area (Å²) in [5.74, 6) is -0.232. The zero-order valence-electron chi connectivity index (χ0n) is 23.9. The molecule has 8 nitrogen and oxygen atoms in total. The Morgan fingerprint density at radius 1 is 1.00 bits per heavy atom. The summed E-state index contributed by atoms with van der Waals surface area (Å²) in [6.07, 6.45) is 0.953. The van der Waals surface area contributed by atoms with Crippen LogP contribution in [0.5, 0.6) is 11.5 Å². The van der Waals surface area contributed by atoms with Crippen molar-refractivity contribution in [1.82, 2.24) is 14.8 Å². The van der Waals surface area contributed by atoms with E-state index in [1.54, 1.807) is 55.5 Å². The average molecular weight is 587 g/mol. The molecule has 4 aromatic rings. The normalized spacial score (nSPS) is 16.3. The van der Waals surface area contributed by atoms with Gasteiger partial charge in [0.15, 0.2) is 0 Å². The molecule has 1 aromatic heterocycles. The number of rotatable bonds is 8. The molecule has 10 heteroatoms. The molecule has 0 saturated carbocycles. The Labute approximate surface area is 248 Å². The van der Waals surface area contributed by atoms with Gasteiger partial charge < -0.3 is 24.8 Å². The van der Waals surface area contributed by atoms with Gasteiger partial charge in [-0.25, -0.2) is 8.78 Å². The number of likely N-dealkylation sites (tertiary alicyclic amines) is 1. The van der Waals surface area contributed by atoms with E-state index in [-0.39, 0.29) is 23.7 Å². The van der Waals surface area contributed by atoms with E-state index < -0.39 is 17.9 Å². The lowest BCUT2D eigenvalue weighted by molar-refractivity contribution is 0.00758. The molecule has 1 atom stereocenters. The number of anilines is 2. The van der Waals surface area contributed by atoms with Crippen molar-refractivity contribution < 1.29 is 28.2 Å². The number of nitrogens with zero attached hydrogens (tertiary/aromatic N) is 3. The molecule has 1 amide bonds. The lowest BCUT2D eigenvalue weighted by Gasteiger charge is -2.22. The highest BCUT2D eigenvalue weighted by atomic mass is 19.1. The predicted octanol–water partition coefficient (Wildman–Crippen LogP) is 6.03. The molecule has 0 spiro atoms. The van der Waals surface area contributed by atoms with Gasteiger partial charge in [0.25, 0.3) is 5.91 Å². The smallest absolute Gasteiger partial charge is 0.253 e. The minimum Gasteiger partial charge on any atom is -0.497 e. The summed E-state index contributed by atoms with van der Waals surface area (Å²) in [5.41, 5.74) is 3.36. The molecule has 0 bridgehead atoms. The molecule has 3 aromatic carbocycles. The molecule has 2 aliphatic heterocycles. The number of carbonyl (C=O) groups excluding carboxylic acids is 1. The Bertz CT molecular complexity index is 1640. The first-order chi connectivity index (χ1) is 20.9. The van der Waals surface area contributed by atoms with Crippen LogP contribution in [0.4, 0.5) is 20.2 Å². The molecule has 3 heterocycles. The lowest BCUT2D eigenvalue weighted by Crippen LogP contribution is -2.27. The highest BCUT2D eigenvalue weighted by Gasteiger charge is 2.34. The van der Waals surface area contributed by atoms with Gasteiger partial charge in [0, 0.05) is 60.3 Å². The van der Waals surface area contributed by atoms with Crippen LogP contribution in [-0.4, -0.2) is 53.1 Å². The van der Waals surface area contributed by atoms with Crippen LogP contribution in [0.15, 0.2) is 66.7 Å². The SMILES string of the molecule is COc1ccc(CN2Cc3nc(-c4c(F)cccc4F)cc(Nc4ccc(C(=O)N5CCCC5)cc4)c3C2O)c(OC)c1. The monoisotopic (exact) mass is 586 g/mol. The van der Waals surface area contributed by atoms with Crippen molar-refractivity contribution in [3.63, 3.8) is 0 Å². The second-order valence-electron chi connectivity index (χ2n) is 10.7. The van der Waals surface area contributed by atoms with Gasteiger partial charge in [0.05, 0.1) is 31.2 Å². The highest BCUT2D eigenvalue weighted by Crippen LogP contribution is 2.42. The van der Waals surface area contributed by atoms with Crippen molar-refractivity contribution in [2.24, 2.45) is 0 Å². The van der Waals surface area contributed by atoms with E-state index in [9.17, 15) is 18.7 Å². The van der Waals surface area contributed by atoms with Crippen molar-refractivity contribution in [1.29, 1.82) is 0 Å². The molecule has 2 N–H and O–H groups in total. The quantitative estimate of drug-likeness (QED) is 0.261. The summed E-state index contributed by atoms with van der Waals surface area (Å²) in [4.78, 5) is 21.1. The summed E-state index contributed by atoms with van der Waals surface area (Å²) in [7, 11) is 3.14.